The van der Waals surface area contributed by atoms with Crippen molar-refractivity contribution >= 4 is 37.5 Å². The van der Waals surface area contributed by atoms with E-state index in [-0.39, 0.29) is 11.9 Å². The van der Waals surface area contributed by atoms with Crippen LogP contribution in [0.5, 0.6) is 0 Å². The molecule has 0 spiro atoms. The molecular formula is C16H16BrF3N4OS. The van der Waals surface area contributed by atoms with E-state index in [9.17, 15) is 13.2 Å². The van der Waals surface area contributed by atoms with Gasteiger partial charge in [-0.25, -0.2) is 14.6 Å². The summed E-state index contributed by atoms with van der Waals surface area (Å²) in [6.45, 7) is 2.95. The van der Waals surface area contributed by atoms with Gasteiger partial charge in [0.2, 0.25) is 0 Å². The summed E-state index contributed by atoms with van der Waals surface area (Å²) in [7, 11) is 0. The molecule has 0 bridgehead atoms. The maximum Gasteiger partial charge on any atom is 0.408 e. The first-order chi connectivity index (χ1) is 12.2. The van der Waals surface area contributed by atoms with E-state index in [1.54, 1.807) is 12.3 Å². The Morgan fingerprint density at radius 3 is 2.77 bits per heavy atom. The number of alkyl halides is 3. The molecular weight excluding hydrogens is 433 g/mol. The Morgan fingerprint density at radius 2 is 2.08 bits per heavy atom. The lowest BCUT2D eigenvalue weighted by Gasteiger charge is -2.07. The summed E-state index contributed by atoms with van der Waals surface area (Å²) in [5.74, 6) is 0.525. The summed E-state index contributed by atoms with van der Waals surface area (Å²) < 4.78 is 45.9. The quantitative estimate of drug-likeness (QED) is 0.540. The molecule has 3 aromatic rings. The van der Waals surface area contributed by atoms with Crippen molar-refractivity contribution in [2.75, 3.05) is 6.61 Å². The molecule has 0 atom stereocenters. The number of ether oxygens (including phenoxy) is 1. The molecule has 5 nitrogen and oxygen atoms in total. The summed E-state index contributed by atoms with van der Waals surface area (Å²) in [6.07, 6.45) is -2.34. The van der Waals surface area contributed by atoms with E-state index < -0.39 is 12.7 Å². The number of thiophene rings is 1. The summed E-state index contributed by atoms with van der Waals surface area (Å²) in [5, 5.41) is 4.88. The first-order valence-electron chi connectivity index (χ1n) is 7.89. The molecule has 0 N–H and O–H groups in total. The fourth-order valence-corrected chi connectivity index (χ4v) is 3.69. The van der Waals surface area contributed by atoms with Crippen molar-refractivity contribution in [3.05, 3.63) is 28.6 Å². The Labute approximate surface area is 160 Å². The highest BCUT2D eigenvalue weighted by molar-refractivity contribution is 9.10. The van der Waals surface area contributed by atoms with Crippen molar-refractivity contribution in [2.24, 2.45) is 0 Å². The van der Waals surface area contributed by atoms with Crippen molar-refractivity contribution < 1.29 is 17.9 Å². The van der Waals surface area contributed by atoms with Gasteiger partial charge in [-0.3, -0.25) is 0 Å². The minimum Gasteiger partial charge on any atom is -0.378 e. The molecule has 0 aliphatic carbocycles. The van der Waals surface area contributed by atoms with Crippen LogP contribution in [-0.2, 0) is 17.7 Å². The SMILES string of the molecule is CC(C)OCCc1nc(-c2cc3cc(Br)cnc3s2)n(CC(F)(F)F)n1. The molecule has 0 aromatic carbocycles. The molecule has 10 heteroatoms. The zero-order valence-corrected chi connectivity index (χ0v) is 16.5. The van der Waals surface area contributed by atoms with Gasteiger partial charge in [0.25, 0.3) is 0 Å². The Morgan fingerprint density at radius 1 is 1.31 bits per heavy atom. The van der Waals surface area contributed by atoms with Crippen LogP contribution in [-0.4, -0.2) is 38.6 Å². The molecule has 0 unspecified atom stereocenters. The van der Waals surface area contributed by atoms with Crippen LogP contribution in [0.2, 0.25) is 0 Å². The Balaban J connectivity index is 1.95. The van der Waals surface area contributed by atoms with Crippen LogP contribution < -0.4 is 0 Å². The molecule has 140 valence electrons. The van der Waals surface area contributed by atoms with Gasteiger partial charge in [0.15, 0.2) is 11.6 Å². The maximum absolute atomic E-state index is 12.9. The number of rotatable bonds is 6. The third-order valence-corrected chi connectivity index (χ3v) is 4.87. The van der Waals surface area contributed by atoms with E-state index in [0.29, 0.717) is 23.7 Å². The average Bonchev–Trinajstić information content (AvgIpc) is 3.08. The number of nitrogens with zero attached hydrogens (tertiary/aromatic N) is 4. The van der Waals surface area contributed by atoms with Gasteiger partial charge >= 0.3 is 6.18 Å². The zero-order valence-electron chi connectivity index (χ0n) is 14.0. The topological polar surface area (TPSA) is 52.8 Å². The number of hydrogen-bond donors (Lipinski definition) is 0. The molecule has 0 saturated carbocycles. The molecule has 0 fully saturated rings. The lowest BCUT2D eigenvalue weighted by molar-refractivity contribution is -0.142. The van der Waals surface area contributed by atoms with Crippen LogP contribution in [0.1, 0.15) is 19.7 Å². The summed E-state index contributed by atoms with van der Waals surface area (Å²) >= 11 is 4.63. The second-order valence-electron chi connectivity index (χ2n) is 5.95. The number of halogens is 4. The van der Waals surface area contributed by atoms with Crippen LogP contribution >= 0.6 is 27.3 Å². The van der Waals surface area contributed by atoms with Gasteiger partial charge in [-0.2, -0.15) is 18.3 Å². The highest BCUT2D eigenvalue weighted by Gasteiger charge is 2.31. The third-order valence-electron chi connectivity index (χ3n) is 3.38. The molecule has 0 radical (unpaired) electrons. The zero-order chi connectivity index (χ0) is 18.9. The number of aromatic nitrogens is 4. The van der Waals surface area contributed by atoms with Gasteiger partial charge < -0.3 is 4.74 Å². The maximum atomic E-state index is 12.9. The predicted octanol–water partition coefficient (Wildman–Crippen LogP) is 4.85. The van der Waals surface area contributed by atoms with E-state index in [0.717, 1.165) is 19.4 Å². The van der Waals surface area contributed by atoms with Crippen molar-refractivity contribution in [2.45, 2.75) is 39.1 Å². The van der Waals surface area contributed by atoms with Crippen molar-refractivity contribution in [1.82, 2.24) is 19.7 Å². The normalized spacial score (nSPS) is 12.4. The van der Waals surface area contributed by atoms with E-state index in [1.807, 2.05) is 19.9 Å². The van der Waals surface area contributed by atoms with Gasteiger partial charge in [0.05, 0.1) is 17.6 Å². The molecule has 0 saturated heterocycles. The van der Waals surface area contributed by atoms with Gasteiger partial charge in [-0.1, -0.05) is 0 Å². The number of pyridine rings is 1. The van der Waals surface area contributed by atoms with E-state index in [2.05, 4.69) is 31.0 Å². The van der Waals surface area contributed by atoms with Crippen molar-refractivity contribution in [3.8, 4) is 10.7 Å². The minimum atomic E-state index is -4.38. The van der Waals surface area contributed by atoms with Crippen LogP contribution in [0.4, 0.5) is 13.2 Å². The Bertz CT molecular complexity index is 907. The molecule has 0 aliphatic rings. The predicted molar refractivity (Wildman–Crippen MR) is 97.2 cm³/mol. The fourth-order valence-electron chi connectivity index (χ4n) is 2.36. The van der Waals surface area contributed by atoms with Gasteiger partial charge in [0, 0.05) is 22.5 Å². The average molecular weight is 449 g/mol. The first-order valence-corrected chi connectivity index (χ1v) is 9.50. The summed E-state index contributed by atoms with van der Waals surface area (Å²) in [5.41, 5.74) is 0. The third kappa shape index (κ3) is 4.80. The lowest BCUT2D eigenvalue weighted by Crippen LogP contribution is -2.19. The van der Waals surface area contributed by atoms with Gasteiger partial charge in [-0.15, -0.1) is 11.3 Å². The lowest BCUT2D eigenvalue weighted by atomic mass is 10.3. The highest BCUT2D eigenvalue weighted by Crippen LogP contribution is 2.33. The molecule has 3 aromatic heterocycles. The van der Waals surface area contributed by atoms with Crippen molar-refractivity contribution in [3.63, 3.8) is 0 Å². The Hall–Kier alpha value is -1.52. The standard InChI is InChI=1S/C16H16BrF3N4OS/c1-9(2)25-4-3-13-22-14(24(23-13)8-16(18,19)20)12-6-10-5-11(17)7-21-15(10)26-12/h5-7,9H,3-4,8H2,1-2H3. The van der Waals surface area contributed by atoms with Crippen LogP contribution in [0.25, 0.3) is 20.9 Å². The second-order valence-corrected chi connectivity index (χ2v) is 7.90. The summed E-state index contributed by atoms with van der Waals surface area (Å²) in [6, 6.07) is 3.65. The fraction of sp³-hybridized carbons (Fsp3) is 0.438. The molecule has 26 heavy (non-hydrogen) atoms. The van der Waals surface area contributed by atoms with Crippen LogP contribution in [0, 0.1) is 0 Å². The van der Waals surface area contributed by atoms with Crippen molar-refractivity contribution in [1.29, 1.82) is 0 Å². The Kier molecular flexibility index (Phi) is 5.64. The smallest absolute Gasteiger partial charge is 0.378 e. The highest BCUT2D eigenvalue weighted by atomic mass is 79.9. The van der Waals surface area contributed by atoms with Crippen LogP contribution in [0.3, 0.4) is 0 Å². The second kappa shape index (κ2) is 7.61. The monoisotopic (exact) mass is 448 g/mol. The van der Waals surface area contributed by atoms with Gasteiger partial charge in [0.1, 0.15) is 11.4 Å². The minimum absolute atomic E-state index is 0.0406. The van der Waals surface area contributed by atoms with E-state index >= 15 is 0 Å². The van der Waals surface area contributed by atoms with E-state index in [4.69, 9.17) is 4.74 Å². The number of fused-ring (bicyclic) bond motifs is 1. The van der Waals surface area contributed by atoms with E-state index in [1.165, 1.54) is 11.3 Å². The molecule has 3 heterocycles. The van der Waals surface area contributed by atoms with Crippen LogP contribution in [0.15, 0.2) is 22.8 Å². The molecule has 3 rings (SSSR count). The first kappa shape index (κ1) is 19.2. The van der Waals surface area contributed by atoms with Gasteiger partial charge in [-0.05, 0) is 41.9 Å². The molecule has 0 amide bonds. The molecule has 0 aliphatic heterocycles. The largest absolute Gasteiger partial charge is 0.408 e. The summed E-state index contributed by atoms with van der Waals surface area (Å²) in [4.78, 5) is 9.93. The number of hydrogen-bond acceptors (Lipinski definition) is 5.